The molecule has 138 valence electrons. The molecule has 2 fully saturated rings. The van der Waals surface area contributed by atoms with Crippen molar-refractivity contribution in [1.29, 1.82) is 0 Å². The molecule has 1 atom stereocenters. The third kappa shape index (κ3) is 3.93. The predicted molar refractivity (Wildman–Crippen MR) is 95.0 cm³/mol. The Balaban J connectivity index is 1.55. The average molecular weight is 366 g/mol. The standard InChI is InChI=1S/C18H26N2O4S/c21-25(22,20-9-3-1-2-4-10-20)19-18(14-5-6-14)15-7-8-16-17(13-15)24-12-11-23-16/h7-8,13-14,18-19H,1-6,9-12H2/t18-/m0/s1. The summed E-state index contributed by atoms with van der Waals surface area (Å²) in [7, 11) is -3.47. The van der Waals surface area contributed by atoms with Gasteiger partial charge in [-0.1, -0.05) is 18.9 Å². The van der Waals surface area contributed by atoms with Crippen molar-refractivity contribution in [3.8, 4) is 11.5 Å². The first kappa shape index (κ1) is 17.1. The summed E-state index contributed by atoms with van der Waals surface area (Å²) in [5.74, 6) is 1.81. The molecule has 6 nitrogen and oxygen atoms in total. The number of ether oxygens (including phenoxy) is 2. The fourth-order valence-electron chi connectivity index (χ4n) is 3.64. The van der Waals surface area contributed by atoms with Crippen LogP contribution in [-0.2, 0) is 10.2 Å². The van der Waals surface area contributed by atoms with Crippen molar-refractivity contribution in [2.75, 3.05) is 26.3 Å². The van der Waals surface area contributed by atoms with Crippen LogP contribution in [0.5, 0.6) is 11.5 Å². The molecule has 1 saturated carbocycles. The Hall–Kier alpha value is -1.31. The van der Waals surface area contributed by atoms with Crippen LogP contribution in [0.25, 0.3) is 0 Å². The van der Waals surface area contributed by atoms with Gasteiger partial charge in [-0.3, -0.25) is 0 Å². The molecule has 2 heterocycles. The number of rotatable bonds is 5. The SMILES string of the molecule is O=S(=O)(N[C@H](c1ccc2c(c1)OCCO2)C1CC1)N1CCCCCC1. The van der Waals surface area contributed by atoms with Crippen LogP contribution in [0.15, 0.2) is 18.2 Å². The van der Waals surface area contributed by atoms with E-state index in [9.17, 15) is 8.42 Å². The third-order valence-corrected chi connectivity index (χ3v) is 6.80. The molecule has 1 aliphatic carbocycles. The molecule has 0 amide bonds. The summed E-state index contributed by atoms with van der Waals surface area (Å²) in [5, 5.41) is 0. The van der Waals surface area contributed by atoms with E-state index in [-0.39, 0.29) is 6.04 Å². The van der Waals surface area contributed by atoms with Gasteiger partial charge in [0.1, 0.15) is 13.2 Å². The number of fused-ring (bicyclic) bond motifs is 1. The Morgan fingerprint density at radius 3 is 2.36 bits per heavy atom. The van der Waals surface area contributed by atoms with Crippen molar-refractivity contribution in [3.05, 3.63) is 23.8 Å². The van der Waals surface area contributed by atoms with E-state index in [1.54, 1.807) is 4.31 Å². The molecule has 1 N–H and O–H groups in total. The van der Waals surface area contributed by atoms with E-state index < -0.39 is 10.2 Å². The predicted octanol–water partition coefficient (Wildman–Crippen LogP) is 2.62. The van der Waals surface area contributed by atoms with Crippen molar-refractivity contribution in [2.24, 2.45) is 5.92 Å². The highest BCUT2D eigenvalue weighted by Gasteiger charge is 2.37. The molecule has 0 aromatic heterocycles. The third-order valence-electron chi connectivity index (χ3n) is 5.20. The zero-order valence-corrected chi connectivity index (χ0v) is 15.3. The van der Waals surface area contributed by atoms with E-state index >= 15 is 0 Å². The fraction of sp³-hybridized carbons (Fsp3) is 0.667. The van der Waals surface area contributed by atoms with E-state index in [4.69, 9.17) is 9.47 Å². The normalized spacial score (nSPS) is 23.0. The second-order valence-electron chi connectivity index (χ2n) is 7.15. The summed E-state index contributed by atoms with van der Waals surface area (Å²) in [6.45, 7) is 2.33. The van der Waals surface area contributed by atoms with E-state index in [1.807, 2.05) is 18.2 Å². The molecule has 3 aliphatic rings. The highest BCUT2D eigenvalue weighted by atomic mass is 32.2. The maximum absolute atomic E-state index is 12.9. The number of benzene rings is 1. The van der Waals surface area contributed by atoms with Crippen molar-refractivity contribution in [2.45, 2.75) is 44.6 Å². The average Bonchev–Trinajstić information content (AvgIpc) is 3.45. The number of nitrogens with zero attached hydrogens (tertiary/aromatic N) is 1. The van der Waals surface area contributed by atoms with E-state index in [2.05, 4.69) is 4.72 Å². The summed E-state index contributed by atoms with van der Waals surface area (Å²) < 4.78 is 41.6. The van der Waals surface area contributed by atoms with Crippen LogP contribution in [-0.4, -0.2) is 39.0 Å². The van der Waals surface area contributed by atoms with Gasteiger partial charge in [-0.25, -0.2) is 0 Å². The molecule has 2 aliphatic heterocycles. The van der Waals surface area contributed by atoms with Crippen LogP contribution >= 0.6 is 0 Å². The van der Waals surface area contributed by atoms with Crippen LogP contribution in [0.1, 0.15) is 50.1 Å². The fourth-order valence-corrected chi connectivity index (χ4v) is 5.17. The number of hydrogen-bond acceptors (Lipinski definition) is 4. The second-order valence-corrected chi connectivity index (χ2v) is 8.86. The molecule has 1 saturated heterocycles. The lowest BCUT2D eigenvalue weighted by molar-refractivity contribution is 0.171. The summed E-state index contributed by atoms with van der Waals surface area (Å²) in [6, 6.07) is 5.59. The zero-order chi connectivity index (χ0) is 17.3. The minimum Gasteiger partial charge on any atom is -0.486 e. The molecule has 1 aromatic carbocycles. The molecular formula is C18H26N2O4S. The van der Waals surface area contributed by atoms with Gasteiger partial charge in [0.05, 0.1) is 6.04 Å². The molecular weight excluding hydrogens is 340 g/mol. The van der Waals surface area contributed by atoms with Gasteiger partial charge in [-0.2, -0.15) is 17.4 Å². The lowest BCUT2D eigenvalue weighted by atomic mass is 10.0. The van der Waals surface area contributed by atoms with Gasteiger partial charge in [-0.05, 0) is 49.3 Å². The molecule has 0 spiro atoms. The molecule has 7 heteroatoms. The summed E-state index contributed by atoms with van der Waals surface area (Å²) >= 11 is 0. The summed E-state index contributed by atoms with van der Waals surface area (Å²) in [5.41, 5.74) is 0.963. The zero-order valence-electron chi connectivity index (χ0n) is 14.4. The maximum atomic E-state index is 12.9. The Kier molecular flexibility index (Phi) is 4.88. The molecule has 1 aromatic rings. The van der Waals surface area contributed by atoms with Crippen molar-refractivity contribution >= 4 is 10.2 Å². The largest absolute Gasteiger partial charge is 0.486 e. The second kappa shape index (κ2) is 7.13. The first-order valence-corrected chi connectivity index (χ1v) is 10.7. The summed E-state index contributed by atoms with van der Waals surface area (Å²) in [4.78, 5) is 0. The lowest BCUT2D eigenvalue weighted by Gasteiger charge is -2.26. The van der Waals surface area contributed by atoms with Crippen LogP contribution < -0.4 is 14.2 Å². The van der Waals surface area contributed by atoms with Gasteiger partial charge in [0, 0.05) is 13.1 Å². The first-order chi connectivity index (χ1) is 12.1. The quantitative estimate of drug-likeness (QED) is 0.870. The van der Waals surface area contributed by atoms with Gasteiger partial charge in [0.2, 0.25) is 0 Å². The highest BCUT2D eigenvalue weighted by molar-refractivity contribution is 7.87. The minimum atomic E-state index is -3.47. The van der Waals surface area contributed by atoms with E-state index in [0.29, 0.717) is 38.0 Å². The van der Waals surface area contributed by atoms with Gasteiger partial charge in [0.25, 0.3) is 10.2 Å². The van der Waals surface area contributed by atoms with Crippen LogP contribution in [0, 0.1) is 5.92 Å². The van der Waals surface area contributed by atoms with Gasteiger partial charge < -0.3 is 9.47 Å². The topological polar surface area (TPSA) is 67.9 Å². The minimum absolute atomic E-state index is 0.191. The smallest absolute Gasteiger partial charge is 0.280 e. The van der Waals surface area contributed by atoms with E-state index in [1.165, 1.54) is 0 Å². The molecule has 25 heavy (non-hydrogen) atoms. The van der Waals surface area contributed by atoms with Crippen LogP contribution in [0.3, 0.4) is 0 Å². The highest BCUT2D eigenvalue weighted by Crippen LogP contribution is 2.43. The van der Waals surface area contributed by atoms with E-state index in [0.717, 1.165) is 49.8 Å². The van der Waals surface area contributed by atoms with Gasteiger partial charge in [-0.15, -0.1) is 0 Å². The van der Waals surface area contributed by atoms with Crippen LogP contribution in [0.4, 0.5) is 0 Å². The van der Waals surface area contributed by atoms with Crippen LogP contribution in [0.2, 0.25) is 0 Å². The monoisotopic (exact) mass is 366 g/mol. The van der Waals surface area contributed by atoms with Crippen molar-refractivity contribution in [1.82, 2.24) is 9.03 Å². The molecule has 0 radical (unpaired) electrons. The van der Waals surface area contributed by atoms with Crippen molar-refractivity contribution < 1.29 is 17.9 Å². The van der Waals surface area contributed by atoms with Gasteiger partial charge in [0.15, 0.2) is 11.5 Å². The Morgan fingerprint density at radius 2 is 1.68 bits per heavy atom. The number of hydrogen-bond donors (Lipinski definition) is 1. The molecule has 4 rings (SSSR count). The van der Waals surface area contributed by atoms with Gasteiger partial charge >= 0.3 is 0 Å². The molecule has 0 bridgehead atoms. The Morgan fingerprint density at radius 1 is 1.00 bits per heavy atom. The maximum Gasteiger partial charge on any atom is 0.280 e. The summed E-state index contributed by atoms with van der Waals surface area (Å²) in [6.07, 6.45) is 6.22. The number of nitrogens with one attached hydrogen (secondary N) is 1. The Bertz CT molecular complexity index is 710. The lowest BCUT2D eigenvalue weighted by Crippen LogP contribution is -2.43. The molecule has 0 unspecified atom stereocenters. The van der Waals surface area contributed by atoms with Crippen molar-refractivity contribution in [3.63, 3.8) is 0 Å². The first-order valence-electron chi connectivity index (χ1n) is 9.30. The Labute approximate surface area is 149 Å².